The highest BCUT2D eigenvalue weighted by Crippen LogP contribution is 2.16. The van der Waals surface area contributed by atoms with Gasteiger partial charge in [-0.1, -0.05) is 13.0 Å². The number of carbonyl (C=O) groups excluding carboxylic acids is 2. The number of amides is 3. The van der Waals surface area contributed by atoms with Gasteiger partial charge < -0.3 is 15.1 Å². The van der Waals surface area contributed by atoms with Gasteiger partial charge in [0.05, 0.1) is 6.54 Å². The zero-order valence-corrected chi connectivity index (χ0v) is 15.2. The minimum Gasteiger partial charge on any atom is -0.345 e. The molecule has 0 fully saturated rings. The van der Waals surface area contributed by atoms with Gasteiger partial charge in [-0.3, -0.25) is 4.79 Å². The van der Waals surface area contributed by atoms with E-state index < -0.39 is 0 Å². The van der Waals surface area contributed by atoms with E-state index in [1.807, 2.05) is 6.20 Å². The van der Waals surface area contributed by atoms with Crippen LogP contribution in [0.25, 0.3) is 0 Å². The number of aryl methyl sites for hydroxylation is 1. The van der Waals surface area contributed by atoms with Crippen molar-refractivity contribution in [2.75, 3.05) is 26.5 Å². The van der Waals surface area contributed by atoms with Gasteiger partial charge in [0.15, 0.2) is 0 Å². The standard InChI is InChI=1S/C17H22N4O2S/c1-5-14-10-18-15(24-14)11-21(4)17(23)19-13-8-6-7-12(9-13)16(22)20(2)3/h6-10H,5,11H2,1-4H3,(H,19,23). The fourth-order valence-corrected chi connectivity index (χ4v) is 2.98. The molecule has 0 radical (unpaired) electrons. The normalized spacial score (nSPS) is 10.3. The quantitative estimate of drug-likeness (QED) is 0.905. The summed E-state index contributed by atoms with van der Waals surface area (Å²) in [5.41, 5.74) is 1.13. The van der Waals surface area contributed by atoms with Gasteiger partial charge in [0, 0.05) is 43.5 Å². The Morgan fingerprint density at radius 3 is 2.62 bits per heavy atom. The average molecular weight is 346 g/mol. The SMILES string of the molecule is CCc1cnc(CN(C)C(=O)Nc2cccc(C(=O)N(C)C)c2)s1. The van der Waals surface area contributed by atoms with Gasteiger partial charge in [-0.2, -0.15) is 0 Å². The van der Waals surface area contributed by atoms with Crippen LogP contribution in [0, 0.1) is 0 Å². The number of urea groups is 1. The summed E-state index contributed by atoms with van der Waals surface area (Å²) in [7, 11) is 5.11. The Kier molecular flexibility index (Phi) is 5.92. The molecule has 0 spiro atoms. The van der Waals surface area contributed by atoms with Crippen LogP contribution >= 0.6 is 11.3 Å². The van der Waals surface area contributed by atoms with Crippen LogP contribution in [-0.2, 0) is 13.0 Å². The highest BCUT2D eigenvalue weighted by Gasteiger charge is 2.13. The molecule has 24 heavy (non-hydrogen) atoms. The second-order valence-corrected chi connectivity index (χ2v) is 6.84. The second-order valence-electron chi connectivity index (χ2n) is 5.64. The Hall–Kier alpha value is -2.41. The molecule has 0 bridgehead atoms. The van der Waals surface area contributed by atoms with Gasteiger partial charge >= 0.3 is 6.03 Å². The summed E-state index contributed by atoms with van der Waals surface area (Å²) < 4.78 is 0. The molecular weight excluding hydrogens is 324 g/mol. The lowest BCUT2D eigenvalue weighted by Crippen LogP contribution is -2.31. The van der Waals surface area contributed by atoms with Gasteiger partial charge in [-0.25, -0.2) is 9.78 Å². The van der Waals surface area contributed by atoms with Crippen molar-refractivity contribution in [1.82, 2.24) is 14.8 Å². The van der Waals surface area contributed by atoms with Crippen molar-refractivity contribution in [3.63, 3.8) is 0 Å². The average Bonchev–Trinajstić information content (AvgIpc) is 3.01. The van der Waals surface area contributed by atoms with Gasteiger partial charge in [0.2, 0.25) is 0 Å². The molecule has 0 saturated carbocycles. The first-order valence-corrected chi connectivity index (χ1v) is 8.49. The van der Waals surface area contributed by atoms with Crippen molar-refractivity contribution < 1.29 is 9.59 Å². The highest BCUT2D eigenvalue weighted by molar-refractivity contribution is 7.11. The lowest BCUT2D eigenvalue weighted by atomic mass is 10.2. The Morgan fingerprint density at radius 1 is 1.25 bits per heavy atom. The van der Waals surface area contributed by atoms with E-state index in [4.69, 9.17) is 0 Å². The van der Waals surface area contributed by atoms with Crippen LogP contribution in [0.1, 0.15) is 27.2 Å². The predicted octanol–water partition coefficient (Wildman–Crippen LogP) is 3.07. The van der Waals surface area contributed by atoms with Crippen molar-refractivity contribution in [2.24, 2.45) is 0 Å². The van der Waals surface area contributed by atoms with E-state index >= 15 is 0 Å². The third-order valence-electron chi connectivity index (χ3n) is 3.44. The molecular formula is C17H22N4O2S. The van der Waals surface area contributed by atoms with Crippen LogP contribution < -0.4 is 5.32 Å². The number of nitrogens with zero attached hydrogens (tertiary/aromatic N) is 3. The first-order chi connectivity index (χ1) is 11.4. The summed E-state index contributed by atoms with van der Waals surface area (Å²) in [6, 6.07) is 6.67. The number of thiazole rings is 1. The molecule has 1 N–H and O–H groups in total. The van der Waals surface area contributed by atoms with E-state index in [0.29, 0.717) is 17.8 Å². The lowest BCUT2D eigenvalue weighted by Gasteiger charge is -2.17. The first kappa shape index (κ1) is 17.9. The maximum absolute atomic E-state index is 12.3. The number of benzene rings is 1. The largest absolute Gasteiger partial charge is 0.345 e. The maximum Gasteiger partial charge on any atom is 0.321 e. The summed E-state index contributed by atoms with van der Waals surface area (Å²) in [5, 5.41) is 3.71. The monoisotopic (exact) mass is 346 g/mol. The number of hydrogen-bond donors (Lipinski definition) is 1. The molecule has 3 amide bonds. The Labute approximate surface area is 146 Å². The molecule has 2 rings (SSSR count). The molecule has 1 aromatic carbocycles. The molecule has 0 unspecified atom stereocenters. The van der Waals surface area contributed by atoms with Crippen molar-refractivity contribution >= 4 is 29.0 Å². The zero-order valence-electron chi connectivity index (χ0n) is 14.4. The number of carbonyl (C=O) groups is 2. The molecule has 128 valence electrons. The lowest BCUT2D eigenvalue weighted by molar-refractivity contribution is 0.0827. The molecule has 0 aliphatic rings. The molecule has 0 atom stereocenters. The van der Waals surface area contributed by atoms with Gasteiger partial charge in [0.25, 0.3) is 5.91 Å². The first-order valence-electron chi connectivity index (χ1n) is 7.68. The summed E-state index contributed by atoms with van der Waals surface area (Å²) in [6.07, 6.45) is 2.79. The van der Waals surface area contributed by atoms with Crippen LogP contribution in [0.15, 0.2) is 30.5 Å². The summed E-state index contributed by atoms with van der Waals surface area (Å²) in [4.78, 5) is 32.9. The number of anilines is 1. The molecule has 7 heteroatoms. The van der Waals surface area contributed by atoms with Crippen LogP contribution in [0.4, 0.5) is 10.5 Å². The smallest absolute Gasteiger partial charge is 0.321 e. The molecule has 1 heterocycles. The van der Waals surface area contributed by atoms with Crippen molar-refractivity contribution in [1.29, 1.82) is 0 Å². The molecule has 2 aromatic rings. The van der Waals surface area contributed by atoms with Gasteiger partial charge in [-0.15, -0.1) is 11.3 Å². The van der Waals surface area contributed by atoms with Gasteiger partial charge in [0.1, 0.15) is 5.01 Å². The third-order valence-corrected chi connectivity index (χ3v) is 4.56. The van der Waals surface area contributed by atoms with Crippen molar-refractivity contribution in [3.8, 4) is 0 Å². The van der Waals surface area contributed by atoms with E-state index in [1.54, 1.807) is 61.6 Å². The Bertz CT molecular complexity index is 727. The minimum absolute atomic E-state index is 0.102. The topological polar surface area (TPSA) is 65.5 Å². The summed E-state index contributed by atoms with van der Waals surface area (Å²) >= 11 is 1.61. The van der Waals surface area contributed by atoms with E-state index in [2.05, 4.69) is 17.2 Å². The number of rotatable bonds is 5. The van der Waals surface area contributed by atoms with E-state index in [-0.39, 0.29) is 11.9 Å². The molecule has 0 saturated heterocycles. The predicted molar refractivity (Wildman–Crippen MR) is 96.4 cm³/mol. The maximum atomic E-state index is 12.3. The summed E-state index contributed by atoms with van der Waals surface area (Å²) in [6.45, 7) is 2.53. The van der Waals surface area contributed by atoms with E-state index in [0.717, 1.165) is 11.4 Å². The summed E-state index contributed by atoms with van der Waals surface area (Å²) in [5.74, 6) is -0.102. The van der Waals surface area contributed by atoms with Crippen molar-refractivity contribution in [3.05, 3.63) is 45.9 Å². The number of nitrogens with one attached hydrogen (secondary N) is 1. The fourth-order valence-electron chi connectivity index (χ4n) is 2.07. The number of hydrogen-bond acceptors (Lipinski definition) is 4. The zero-order chi connectivity index (χ0) is 17.7. The van der Waals surface area contributed by atoms with Gasteiger partial charge in [-0.05, 0) is 24.6 Å². The van der Waals surface area contributed by atoms with Crippen LogP contribution in [-0.4, -0.2) is 47.9 Å². The second kappa shape index (κ2) is 7.92. The molecule has 0 aliphatic carbocycles. The van der Waals surface area contributed by atoms with E-state index in [1.165, 1.54) is 9.78 Å². The Morgan fingerprint density at radius 2 is 2.00 bits per heavy atom. The number of aromatic nitrogens is 1. The van der Waals surface area contributed by atoms with Crippen LogP contribution in [0.5, 0.6) is 0 Å². The van der Waals surface area contributed by atoms with E-state index in [9.17, 15) is 9.59 Å². The molecule has 6 nitrogen and oxygen atoms in total. The molecule has 0 aliphatic heterocycles. The third kappa shape index (κ3) is 4.55. The van der Waals surface area contributed by atoms with Crippen LogP contribution in [0.3, 0.4) is 0 Å². The molecule has 1 aromatic heterocycles. The van der Waals surface area contributed by atoms with Crippen molar-refractivity contribution in [2.45, 2.75) is 19.9 Å². The Balaban J connectivity index is 2.00. The highest BCUT2D eigenvalue weighted by atomic mass is 32.1. The van der Waals surface area contributed by atoms with Crippen LogP contribution in [0.2, 0.25) is 0 Å². The minimum atomic E-state index is -0.238. The fraction of sp³-hybridized carbons (Fsp3) is 0.353.